The molecule has 1 aromatic carbocycles. The second kappa shape index (κ2) is 8.29. The Kier molecular flexibility index (Phi) is 5.27. The number of ether oxygens (including phenoxy) is 1. The largest absolute Gasteiger partial charge is 0.465 e. The van der Waals surface area contributed by atoms with Gasteiger partial charge in [0, 0.05) is 36.6 Å². The van der Waals surface area contributed by atoms with Crippen LogP contribution in [-0.4, -0.2) is 54.9 Å². The van der Waals surface area contributed by atoms with Crippen molar-refractivity contribution in [2.75, 3.05) is 18.8 Å². The molecule has 5 rings (SSSR count). The Bertz CT molecular complexity index is 1390. The first kappa shape index (κ1) is 21.6. The number of aryl methyl sites for hydroxylation is 2. The highest BCUT2D eigenvalue weighted by Gasteiger charge is 2.40. The molecule has 1 fully saturated rings. The molecular formula is C24H23FN6O3. The lowest BCUT2D eigenvalue weighted by Crippen LogP contribution is -2.27. The maximum Gasteiger partial charge on any atom is 0.407 e. The molecule has 4 aromatic rings. The van der Waals surface area contributed by atoms with Gasteiger partial charge in [-0.25, -0.2) is 24.1 Å². The lowest BCUT2D eigenvalue weighted by atomic mass is 9.93. The number of hydrogen-bond donors (Lipinski definition) is 2. The van der Waals surface area contributed by atoms with Crippen LogP contribution in [0.1, 0.15) is 17.3 Å². The predicted octanol–water partition coefficient (Wildman–Crippen LogP) is 4.13. The standard InChI is InChI=1S/C24H23FN6O3/c1-13-4-3-5-18(29-13)34-15-8-6-14(7-9-15)19-20-22(26)27-12-28-23(20)30(2)21(19)16-10-31(24(32)33)11-17(16)25/h3-9,12,16-17H,10-11H2,1-2H3,(H,32,33)(H2,26,27,28). The number of hydrogen-bond acceptors (Lipinski definition) is 6. The minimum Gasteiger partial charge on any atom is -0.465 e. The second-order valence-electron chi connectivity index (χ2n) is 8.33. The number of anilines is 1. The summed E-state index contributed by atoms with van der Waals surface area (Å²) in [6.07, 6.45) is -1.14. The molecule has 1 saturated heterocycles. The smallest absolute Gasteiger partial charge is 0.407 e. The van der Waals surface area contributed by atoms with Crippen LogP contribution in [-0.2, 0) is 7.05 Å². The maximum atomic E-state index is 15.1. The number of nitrogen functional groups attached to an aromatic ring is 1. The molecule has 3 aromatic heterocycles. The summed E-state index contributed by atoms with van der Waals surface area (Å²) in [7, 11) is 1.78. The zero-order chi connectivity index (χ0) is 24.0. The summed E-state index contributed by atoms with van der Waals surface area (Å²) in [4.78, 5) is 25.4. The molecule has 1 amide bonds. The summed E-state index contributed by atoms with van der Waals surface area (Å²) < 4.78 is 22.8. The van der Waals surface area contributed by atoms with E-state index in [1.165, 1.54) is 6.33 Å². The van der Waals surface area contributed by atoms with E-state index in [2.05, 4.69) is 15.0 Å². The van der Waals surface area contributed by atoms with Gasteiger partial charge in [-0.1, -0.05) is 18.2 Å². The average Bonchev–Trinajstić information content (AvgIpc) is 3.33. The van der Waals surface area contributed by atoms with E-state index >= 15 is 4.39 Å². The fourth-order valence-electron chi connectivity index (χ4n) is 4.58. The molecule has 0 bridgehead atoms. The van der Waals surface area contributed by atoms with E-state index in [0.29, 0.717) is 33.9 Å². The molecule has 1 aliphatic rings. The highest BCUT2D eigenvalue weighted by molar-refractivity contribution is 6.02. The molecule has 0 spiro atoms. The Labute approximate surface area is 194 Å². The van der Waals surface area contributed by atoms with E-state index in [4.69, 9.17) is 10.5 Å². The summed E-state index contributed by atoms with van der Waals surface area (Å²) in [5.74, 6) is 0.678. The number of alkyl halides is 1. The van der Waals surface area contributed by atoms with Gasteiger partial charge in [0.15, 0.2) is 0 Å². The van der Waals surface area contributed by atoms with Crippen molar-refractivity contribution in [2.45, 2.75) is 19.0 Å². The number of pyridine rings is 1. The first-order valence-corrected chi connectivity index (χ1v) is 10.8. The van der Waals surface area contributed by atoms with Gasteiger partial charge in [0.05, 0.1) is 17.8 Å². The van der Waals surface area contributed by atoms with Crippen LogP contribution in [0.4, 0.5) is 15.0 Å². The molecule has 1 aliphatic heterocycles. The third kappa shape index (κ3) is 3.66. The van der Waals surface area contributed by atoms with Gasteiger partial charge in [0.25, 0.3) is 0 Å². The Balaban J connectivity index is 1.60. The summed E-state index contributed by atoms with van der Waals surface area (Å²) in [5, 5.41) is 10.0. The van der Waals surface area contributed by atoms with E-state index in [9.17, 15) is 9.90 Å². The van der Waals surface area contributed by atoms with E-state index in [-0.39, 0.29) is 18.9 Å². The van der Waals surface area contributed by atoms with E-state index in [1.54, 1.807) is 29.8 Å². The molecule has 4 heterocycles. The van der Waals surface area contributed by atoms with Crippen molar-refractivity contribution in [3.63, 3.8) is 0 Å². The van der Waals surface area contributed by atoms with Gasteiger partial charge in [-0.15, -0.1) is 0 Å². The molecule has 0 aliphatic carbocycles. The van der Waals surface area contributed by atoms with Gasteiger partial charge in [-0.05, 0) is 30.7 Å². The first-order chi connectivity index (χ1) is 16.3. The van der Waals surface area contributed by atoms with Crippen LogP contribution in [0, 0.1) is 6.92 Å². The van der Waals surface area contributed by atoms with Gasteiger partial charge in [0.2, 0.25) is 5.88 Å². The summed E-state index contributed by atoms with van der Waals surface area (Å²) in [6, 6.07) is 12.8. The van der Waals surface area contributed by atoms with E-state index < -0.39 is 18.2 Å². The van der Waals surface area contributed by atoms with Gasteiger partial charge in [0.1, 0.15) is 29.7 Å². The number of nitrogens with zero attached hydrogens (tertiary/aromatic N) is 5. The minimum absolute atomic E-state index is 0.0429. The van der Waals surface area contributed by atoms with Crippen molar-refractivity contribution in [2.24, 2.45) is 7.05 Å². The first-order valence-electron chi connectivity index (χ1n) is 10.8. The summed E-state index contributed by atoms with van der Waals surface area (Å²) >= 11 is 0. The Morgan fingerprint density at radius 3 is 2.62 bits per heavy atom. The number of amides is 1. The molecule has 2 unspecified atom stereocenters. The van der Waals surface area contributed by atoms with Crippen LogP contribution < -0.4 is 10.5 Å². The second-order valence-corrected chi connectivity index (χ2v) is 8.33. The third-order valence-corrected chi connectivity index (χ3v) is 6.14. The number of benzene rings is 1. The molecule has 9 nitrogen and oxygen atoms in total. The lowest BCUT2D eigenvalue weighted by Gasteiger charge is -2.17. The predicted molar refractivity (Wildman–Crippen MR) is 125 cm³/mol. The van der Waals surface area contributed by atoms with E-state index in [1.807, 2.05) is 31.2 Å². The number of fused-ring (bicyclic) bond motifs is 1. The number of aromatic nitrogens is 4. The maximum absolute atomic E-state index is 15.1. The van der Waals surface area contributed by atoms with Crippen LogP contribution in [0.2, 0.25) is 0 Å². The SMILES string of the molecule is Cc1cccc(Oc2ccc(-c3c(C4CN(C(=O)O)CC4F)n(C)c4ncnc(N)c34)cc2)n1. The lowest BCUT2D eigenvalue weighted by molar-refractivity contribution is 0.152. The van der Waals surface area contributed by atoms with Gasteiger partial charge in [-0.3, -0.25) is 0 Å². The van der Waals surface area contributed by atoms with Gasteiger partial charge in [-0.2, -0.15) is 0 Å². The van der Waals surface area contributed by atoms with Crippen molar-refractivity contribution in [1.82, 2.24) is 24.4 Å². The molecular weight excluding hydrogens is 439 g/mol. The van der Waals surface area contributed by atoms with Crippen LogP contribution in [0.3, 0.4) is 0 Å². The molecule has 10 heteroatoms. The molecule has 3 N–H and O–H groups in total. The van der Waals surface area contributed by atoms with Crippen molar-refractivity contribution in [1.29, 1.82) is 0 Å². The average molecular weight is 462 g/mol. The van der Waals surface area contributed by atoms with Crippen LogP contribution in [0.15, 0.2) is 48.8 Å². The van der Waals surface area contributed by atoms with Crippen LogP contribution in [0.25, 0.3) is 22.2 Å². The minimum atomic E-state index is -1.36. The van der Waals surface area contributed by atoms with Crippen LogP contribution in [0.5, 0.6) is 11.6 Å². The zero-order valence-corrected chi connectivity index (χ0v) is 18.6. The van der Waals surface area contributed by atoms with Gasteiger partial charge < -0.3 is 25.0 Å². The Morgan fingerprint density at radius 2 is 1.94 bits per heavy atom. The normalized spacial score (nSPS) is 17.9. The van der Waals surface area contributed by atoms with Crippen molar-refractivity contribution < 1.29 is 19.0 Å². The fraction of sp³-hybridized carbons (Fsp3) is 0.250. The Morgan fingerprint density at radius 1 is 1.18 bits per heavy atom. The molecule has 0 radical (unpaired) electrons. The quantitative estimate of drug-likeness (QED) is 0.468. The number of carboxylic acid groups (broad SMARTS) is 1. The summed E-state index contributed by atoms with van der Waals surface area (Å²) in [5.41, 5.74) is 9.73. The number of carbonyl (C=O) groups is 1. The van der Waals surface area contributed by atoms with Gasteiger partial charge >= 0.3 is 6.09 Å². The number of likely N-dealkylation sites (tertiary alicyclic amines) is 1. The number of nitrogens with two attached hydrogens (primary N) is 1. The highest BCUT2D eigenvalue weighted by Crippen LogP contribution is 2.43. The fourth-order valence-corrected chi connectivity index (χ4v) is 4.58. The molecule has 34 heavy (non-hydrogen) atoms. The number of halogens is 1. The topological polar surface area (TPSA) is 119 Å². The van der Waals surface area contributed by atoms with E-state index in [0.717, 1.165) is 16.2 Å². The Hall–Kier alpha value is -4.21. The summed E-state index contributed by atoms with van der Waals surface area (Å²) in [6.45, 7) is 1.75. The van der Waals surface area contributed by atoms with Crippen molar-refractivity contribution >= 4 is 22.9 Å². The number of rotatable bonds is 4. The zero-order valence-electron chi connectivity index (χ0n) is 18.6. The molecule has 2 atom stereocenters. The molecule has 0 saturated carbocycles. The third-order valence-electron chi connectivity index (χ3n) is 6.14. The molecule has 174 valence electrons. The highest BCUT2D eigenvalue weighted by atomic mass is 19.1. The van der Waals surface area contributed by atoms with Crippen LogP contribution >= 0.6 is 0 Å². The van der Waals surface area contributed by atoms with Crippen molar-refractivity contribution in [3.8, 4) is 22.8 Å². The monoisotopic (exact) mass is 462 g/mol. The van der Waals surface area contributed by atoms with Crippen molar-refractivity contribution in [3.05, 3.63) is 60.2 Å².